The first-order chi connectivity index (χ1) is 10.1. The van der Waals surface area contributed by atoms with Gasteiger partial charge in [-0.1, -0.05) is 0 Å². The second-order valence-corrected chi connectivity index (χ2v) is 4.50. The highest BCUT2D eigenvalue weighted by Crippen LogP contribution is 2.12. The van der Waals surface area contributed by atoms with Crippen molar-refractivity contribution < 1.29 is 14.3 Å². The van der Waals surface area contributed by atoms with Crippen LogP contribution in [0.5, 0.6) is 0 Å². The first-order valence-electron chi connectivity index (χ1n) is 6.60. The van der Waals surface area contributed by atoms with Gasteiger partial charge in [0.2, 0.25) is 0 Å². The number of esters is 1. The van der Waals surface area contributed by atoms with Crippen molar-refractivity contribution in [3.05, 3.63) is 59.4 Å². The summed E-state index contributed by atoms with van der Waals surface area (Å²) in [5.74, 6) is -0.617. The van der Waals surface area contributed by atoms with E-state index in [4.69, 9.17) is 4.74 Å². The van der Waals surface area contributed by atoms with Gasteiger partial charge in [-0.25, -0.2) is 4.79 Å². The second-order valence-electron chi connectivity index (χ2n) is 4.50. The topological polar surface area (TPSA) is 68.3 Å². The molecule has 1 heterocycles. The summed E-state index contributed by atoms with van der Waals surface area (Å²) < 4.78 is 4.90. The van der Waals surface area contributed by atoms with Crippen LogP contribution in [-0.2, 0) is 4.74 Å². The zero-order chi connectivity index (χ0) is 15.2. The van der Waals surface area contributed by atoms with Crippen molar-refractivity contribution in [1.29, 1.82) is 0 Å². The van der Waals surface area contributed by atoms with Gasteiger partial charge in [-0.3, -0.25) is 9.78 Å². The van der Waals surface area contributed by atoms with Crippen molar-refractivity contribution in [3.8, 4) is 0 Å². The maximum absolute atomic E-state index is 12.0. The van der Waals surface area contributed by atoms with Crippen LogP contribution in [0.15, 0.2) is 42.7 Å². The van der Waals surface area contributed by atoms with Crippen molar-refractivity contribution in [2.24, 2.45) is 0 Å². The number of amides is 1. The summed E-state index contributed by atoms with van der Waals surface area (Å²) in [7, 11) is 0. The second kappa shape index (κ2) is 6.65. The summed E-state index contributed by atoms with van der Waals surface area (Å²) in [4.78, 5) is 27.5. The number of ether oxygens (including phenoxy) is 1. The quantitative estimate of drug-likeness (QED) is 0.877. The predicted octanol–water partition coefficient (Wildman–Crippen LogP) is 2.82. The van der Waals surface area contributed by atoms with E-state index < -0.39 is 0 Å². The number of carbonyl (C=O) groups excluding carboxylic acids is 2. The number of benzene rings is 1. The van der Waals surface area contributed by atoms with Gasteiger partial charge in [-0.05, 0) is 49.7 Å². The number of carbonyl (C=O) groups is 2. The summed E-state index contributed by atoms with van der Waals surface area (Å²) in [5.41, 5.74) is 2.46. The summed E-state index contributed by atoms with van der Waals surface area (Å²) in [6.45, 7) is 3.96. The van der Waals surface area contributed by atoms with Crippen LogP contribution in [0.4, 0.5) is 5.69 Å². The van der Waals surface area contributed by atoms with Gasteiger partial charge in [-0.15, -0.1) is 0 Å². The molecule has 0 atom stereocenters. The number of pyridine rings is 1. The van der Waals surface area contributed by atoms with E-state index in [1.807, 2.05) is 6.92 Å². The third kappa shape index (κ3) is 3.89. The molecule has 0 spiro atoms. The molecule has 0 aliphatic heterocycles. The lowest BCUT2D eigenvalue weighted by atomic mass is 10.2. The fourth-order valence-electron chi connectivity index (χ4n) is 1.79. The molecule has 1 aromatic carbocycles. The minimum atomic E-state index is -0.377. The Bertz CT molecular complexity index is 651. The van der Waals surface area contributed by atoms with E-state index in [9.17, 15) is 9.59 Å². The maximum Gasteiger partial charge on any atom is 0.338 e. The largest absolute Gasteiger partial charge is 0.462 e. The van der Waals surface area contributed by atoms with Gasteiger partial charge in [0.25, 0.3) is 5.91 Å². The van der Waals surface area contributed by atoms with Gasteiger partial charge in [-0.2, -0.15) is 0 Å². The average Bonchev–Trinajstić information content (AvgIpc) is 2.48. The monoisotopic (exact) mass is 284 g/mol. The lowest BCUT2D eigenvalue weighted by Crippen LogP contribution is -2.12. The first-order valence-corrected chi connectivity index (χ1v) is 6.60. The van der Waals surface area contributed by atoms with Crippen LogP contribution in [-0.4, -0.2) is 23.5 Å². The zero-order valence-corrected chi connectivity index (χ0v) is 11.9. The van der Waals surface area contributed by atoms with Crippen LogP contribution in [0.3, 0.4) is 0 Å². The molecule has 21 heavy (non-hydrogen) atoms. The van der Waals surface area contributed by atoms with Crippen molar-refractivity contribution >= 4 is 17.6 Å². The van der Waals surface area contributed by atoms with Crippen LogP contribution in [0.25, 0.3) is 0 Å². The lowest BCUT2D eigenvalue weighted by Gasteiger charge is -2.06. The molecule has 0 fully saturated rings. The lowest BCUT2D eigenvalue weighted by molar-refractivity contribution is 0.0526. The molecule has 0 unspecified atom stereocenters. The molecule has 5 heteroatoms. The smallest absolute Gasteiger partial charge is 0.338 e. The SMILES string of the molecule is CCOC(=O)c1ccc(NC(=O)c2cncc(C)c2)cc1. The molecular formula is C16H16N2O3. The maximum atomic E-state index is 12.0. The van der Waals surface area contributed by atoms with Gasteiger partial charge in [0.05, 0.1) is 17.7 Å². The van der Waals surface area contributed by atoms with E-state index >= 15 is 0 Å². The minimum absolute atomic E-state index is 0.241. The van der Waals surface area contributed by atoms with E-state index in [0.29, 0.717) is 23.4 Å². The Labute approximate surface area is 123 Å². The molecule has 1 N–H and O–H groups in total. The first kappa shape index (κ1) is 14.7. The number of aromatic nitrogens is 1. The molecular weight excluding hydrogens is 268 g/mol. The fourth-order valence-corrected chi connectivity index (χ4v) is 1.79. The molecule has 2 aromatic rings. The zero-order valence-electron chi connectivity index (χ0n) is 11.9. The van der Waals surface area contributed by atoms with Crippen LogP contribution >= 0.6 is 0 Å². The van der Waals surface area contributed by atoms with Gasteiger partial charge in [0, 0.05) is 18.1 Å². The van der Waals surface area contributed by atoms with E-state index in [-0.39, 0.29) is 11.9 Å². The van der Waals surface area contributed by atoms with E-state index in [2.05, 4.69) is 10.3 Å². The minimum Gasteiger partial charge on any atom is -0.462 e. The average molecular weight is 284 g/mol. The molecule has 0 aliphatic carbocycles. The van der Waals surface area contributed by atoms with Gasteiger partial charge in [0.15, 0.2) is 0 Å². The number of hydrogen-bond donors (Lipinski definition) is 1. The van der Waals surface area contributed by atoms with Crippen LogP contribution < -0.4 is 5.32 Å². The summed E-state index contributed by atoms with van der Waals surface area (Å²) in [6.07, 6.45) is 3.19. The third-order valence-corrected chi connectivity index (χ3v) is 2.79. The Morgan fingerprint density at radius 3 is 2.48 bits per heavy atom. The van der Waals surface area contributed by atoms with Crippen LogP contribution in [0.2, 0.25) is 0 Å². The van der Waals surface area contributed by atoms with Crippen molar-refractivity contribution in [2.45, 2.75) is 13.8 Å². The predicted molar refractivity (Wildman–Crippen MR) is 79.3 cm³/mol. The van der Waals surface area contributed by atoms with E-state index in [1.54, 1.807) is 43.5 Å². The van der Waals surface area contributed by atoms with Gasteiger partial charge in [0.1, 0.15) is 0 Å². The molecule has 0 radical (unpaired) electrons. The highest BCUT2D eigenvalue weighted by atomic mass is 16.5. The van der Waals surface area contributed by atoms with Crippen molar-refractivity contribution in [2.75, 3.05) is 11.9 Å². The number of anilines is 1. The third-order valence-electron chi connectivity index (χ3n) is 2.79. The van der Waals surface area contributed by atoms with E-state index in [0.717, 1.165) is 5.56 Å². The standard InChI is InChI=1S/C16H16N2O3/c1-3-21-16(20)12-4-6-14(7-5-12)18-15(19)13-8-11(2)9-17-10-13/h4-10H,3H2,1-2H3,(H,18,19). The molecule has 5 nitrogen and oxygen atoms in total. The normalized spacial score (nSPS) is 10.0. The molecule has 0 bridgehead atoms. The number of hydrogen-bond acceptors (Lipinski definition) is 4. The van der Waals surface area contributed by atoms with E-state index in [1.165, 1.54) is 6.20 Å². The molecule has 2 rings (SSSR count). The Morgan fingerprint density at radius 2 is 1.86 bits per heavy atom. The summed E-state index contributed by atoms with van der Waals surface area (Å²) in [5, 5.41) is 2.75. The number of nitrogens with one attached hydrogen (secondary N) is 1. The Balaban J connectivity index is 2.06. The van der Waals surface area contributed by atoms with Gasteiger partial charge < -0.3 is 10.1 Å². The molecule has 1 amide bonds. The van der Waals surface area contributed by atoms with Gasteiger partial charge >= 0.3 is 5.97 Å². The van der Waals surface area contributed by atoms with Crippen LogP contribution in [0.1, 0.15) is 33.2 Å². The number of aryl methyl sites for hydroxylation is 1. The summed E-state index contributed by atoms with van der Waals surface area (Å²) in [6, 6.07) is 8.31. The molecule has 0 saturated carbocycles. The molecule has 0 saturated heterocycles. The highest BCUT2D eigenvalue weighted by Gasteiger charge is 2.09. The number of nitrogens with zero attached hydrogens (tertiary/aromatic N) is 1. The van der Waals surface area contributed by atoms with Crippen LogP contribution in [0, 0.1) is 6.92 Å². The highest BCUT2D eigenvalue weighted by molar-refractivity contribution is 6.04. The fraction of sp³-hybridized carbons (Fsp3) is 0.188. The number of rotatable bonds is 4. The summed E-state index contributed by atoms with van der Waals surface area (Å²) >= 11 is 0. The Morgan fingerprint density at radius 1 is 1.14 bits per heavy atom. The Kier molecular flexibility index (Phi) is 4.66. The molecule has 0 aliphatic rings. The van der Waals surface area contributed by atoms with Crippen molar-refractivity contribution in [3.63, 3.8) is 0 Å². The molecule has 108 valence electrons. The molecule has 1 aromatic heterocycles. The Hall–Kier alpha value is -2.69. The van der Waals surface area contributed by atoms with Crippen molar-refractivity contribution in [1.82, 2.24) is 4.98 Å².